The molecule has 1 aliphatic carbocycles. The fraction of sp³-hybridized carbons (Fsp3) is 0.909. The van der Waals surface area contributed by atoms with Crippen LogP contribution >= 0.6 is 0 Å². The van der Waals surface area contributed by atoms with Crippen LogP contribution in [0.3, 0.4) is 0 Å². The molecular weight excluding hydrogens is 192 g/mol. The Balaban J connectivity index is 2.47. The second-order valence-electron chi connectivity index (χ2n) is 4.61. The van der Waals surface area contributed by atoms with Crippen LogP contribution in [-0.2, 0) is 4.79 Å². The predicted octanol–water partition coefficient (Wildman–Crippen LogP) is 0.958. The zero-order valence-corrected chi connectivity index (χ0v) is 9.46. The average Bonchev–Trinajstić information content (AvgIpc) is 2.21. The van der Waals surface area contributed by atoms with E-state index in [9.17, 15) is 4.79 Å². The van der Waals surface area contributed by atoms with Crippen LogP contribution in [0, 0.1) is 5.41 Å². The largest absolute Gasteiger partial charge is 0.481 e. The van der Waals surface area contributed by atoms with E-state index in [-0.39, 0.29) is 11.8 Å². The van der Waals surface area contributed by atoms with Crippen molar-refractivity contribution in [2.24, 2.45) is 11.1 Å². The van der Waals surface area contributed by atoms with Gasteiger partial charge >= 0.3 is 5.97 Å². The fourth-order valence-electron chi connectivity index (χ4n) is 2.50. The van der Waals surface area contributed by atoms with Gasteiger partial charge in [0.15, 0.2) is 0 Å². The summed E-state index contributed by atoms with van der Waals surface area (Å²) in [6.45, 7) is 3.58. The van der Waals surface area contributed by atoms with Crippen molar-refractivity contribution >= 4 is 5.97 Å². The van der Waals surface area contributed by atoms with Crippen LogP contribution in [0.4, 0.5) is 0 Å². The summed E-state index contributed by atoms with van der Waals surface area (Å²) in [6.07, 6.45) is 4.21. The van der Waals surface area contributed by atoms with E-state index in [0.29, 0.717) is 12.6 Å². The summed E-state index contributed by atoms with van der Waals surface area (Å²) in [5, 5.41) is 12.3. The summed E-state index contributed by atoms with van der Waals surface area (Å²) in [6, 6.07) is 0.559. The topological polar surface area (TPSA) is 75.3 Å². The van der Waals surface area contributed by atoms with E-state index >= 15 is 0 Å². The Morgan fingerprint density at radius 2 is 2.13 bits per heavy atom. The van der Waals surface area contributed by atoms with Crippen molar-refractivity contribution in [2.45, 2.75) is 45.1 Å². The highest BCUT2D eigenvalue weighted by molar-refractivity contribution is 5.67. The Kier molecular flexibility index (Phi) is 4.54. The monoisotopic (exact) mass is 214 g/mol. The standard InChI is InChI=1S/C11H22N2O2/c1-2-13-9-3-5-11(8-12,6-4-9)7-10(14)15/h9,13H,2-8,12H2,1H3,(H,14,15). The molecule has 0 saturated heterocycles. The fourth-order valence-corrected chi connectivity index (χ4v) is 2.50. The van der Waals surface area contributed by atoms with Crippen LogP contribution in [0.1, 0.15) is 39.0 Å². The van der Waals surface area contributed by atoms with Crippen molar-refractivity contribution < 1.29 is 9.90 Å². The molecule has 0 heterocycles. The van der Waals surface area contributed by atoms with Crippen molar-refractivity contribution in [3.63, 3.8) is 0 Å². The predicted molar refractivity (Wildman–Crippen MR) is 59.7 cm³/mol. The molecule has 0 amide bonds. The van der Waals surface area contributed by atoms with E-state index in [0.717, 1.165) is 32.2 Å². The molecule has 88 valence electrons. The smallest absolute Gasteiger partial charge is 0.303 e. The Bertz CT molecular complexity index is 211. The number of carbonyl (C=O) groups is 1. The average molecular weight is 214 g/mol. The first-order valence-corrected chi connectivity index (χ1v) is 5.77. The molecule has 0 spiro atoms. The minimum Gasteiger partial charge on any atom is -0.481 e. The molecule has 0 aromatic carbocycles. The molecule has 0 aliphatic heterocycles. The number of carboxylic acids is 1. The van der Waals surface area contributed by atoms with Crippen LogP contribution in [-0.4, -0.2) is 30.2 Å². The van der Waals surface area contributed by atoms with Crippen molar-refractivity contribution in [2.75, 3.05) is 13.1 Å². The number of aliphatic carboxylic acids is 1. The van der Waals surface area contributed by atoms with Gasteiger partial charge in [0.05, 0.1) is 6.42 Å². The Morgan fingerprint density at radius 1 is 1.53 bits per heavy atom. The molecule has 0 aromatic heterocycles. The van der Waals surface area contributed by atoms with Crippen molar-refractivity contribution in [1.82, 2.24) is 5.32 Å². The van der Waals surface area contributed by atoms with Gasteiger partial charge in [-0.2, -0.15) is 0 Å². The van der Waals surface area contributed by atoms with Crippen LogP contribution in [0.5, 0.6) is 0 Å². The molecule has 4 N–H and O–H groups in total. The molecule has 0 aromatic rings. The maximum absolute atomic E-state index is 10.8. The summed E-state index contributed by atoms with van der Waals surface area (Å²) in [4.78, 5) is 10.8. The number of nitrogens with one attached hydrogen (secondary N) is 1. The van der Waals surface area contributed by atoms with Gasteiger partial charge in [-0.1, -0.05) is 6.92 Å². The Labute approximate surface area is 91.2 Å². The molecule has 1 rings (SSSR count). The van der Waals surface area contributed by atoms with E-state index in [1.54, 1.807) is 0 Å². The lowest BCUT2D eigenvalue weighted by molar-refractivity contribution is -0.140. The summed E-state index contributed by atoms with van der Waals surface area (Å²) in [7, 11) is 0. The minimum absolute atomic E-state index is 0.141. The van der Waals surface area contributed by atoms with E-state index in [1.165, 1.54) is 0 Å². The molecule has 4 nitrogen and oxygen atoms in total. The highest BCUT2D eigenvalue weighted by atomic mass is 16.4. The third-order valence-electron chi connectivity index (χ3n) is 3.50. The molecule has 0 bridgehead atoms. The third kappa shape index (κ3) is 3.47. The number of hydrogen-bond acceptors (Lipinski definition) is 3. The summed E-state index contributed by atoms with van der Waals surface area (Å²) >= 11 is 0. The zero-order valence-electron chi connectivity index (χ0n) is 9.46. The molecule has 0 radical (unpaired) electrons. The molecule has 4 heteroatoms. The van der Waals surface area contributed by atoms with Gasteiger partial charge in [0.1, 0.15) is 0 Å². The Hall–Kier alpha value is -0.610. The van der Waals surface area contributed by atoms with Crippen molar-refractivity contribution in [3.8, 4) is 0 Å². The molecule has 0 unspecified atom stereocenters. The first-order chi connectivity index (χ1) is 7.12. The molecule has 1 aliphatic rings. The van der Waals surface area contributed by atoms with E-state index in [1.807, 2.05) is 0 Å². The summed E-state index contributed by atoms with van der Waals surface area (Å²) < 4.78 is 0. The third-order valence-corrected chi connectivity index (χ3v) is 3.50. The quantitative estimate of drug-likeness (QED) is 0.637. The Morgan fingerprint density at radius 3 is 2.53 bits per heavy atom. The summed E-state index contributed by atoms with van der Waals surface area (Å²) in [5.41, 5.74) is 5.58. The lowest BCUT2D eigenvalue weighted by Crippen LogP contribution is -2.42. The second kappa shape index (κ2) is 5.47. The first-order valence-electron chi connectivity index (χ1n) is 5.77. The molecular formula is C11H22N2O2. The second-order valence-corrected chi connectivity index (χ2v) is 4.61. The van der Waals surface area contributed by atoms with Gasteiger partial charge in [-0.25, -0.2) is 0 Å². The maximum atomic E-state index is 10.8. The maximum Gasteiger partial charge on any atom is 0.303 e. The molecule has 0 atom stereocenters. The van der Waals surface area contributed by atoms with E-state index in [2.05, 4.69) is 12.2 Å². The molecule has 1 saturated carbocycles. The van der Waals surface area contributed by atoms with Crippen LogP contribution < -0.4 is 11.1 Å². The number of nitrogens with two attached hydrogens (primary N) is 1. The van der Waals surface area contributed by atoms with Gasteiger partial charge in [-0.05, 0) is 44.2 Å². The van der Waals surface area contributed by atoms with Crippen molar-refractivity contribution in [1.29, 1.82) is 0 Å². The number of carboxylic acid groups (broad SMARTS) is 1. The van der Waals surface area contributed by atoms with Gasteiger partial charge in [-0.3, -0.25) is 4.79 Å². The van der Waals surface area contributed by atoms with Gasteiger partial charge in [-0.15, -0.1) is 0 Å². The van der Waals surface area contributed by atoms with Gasteiger partial charge in [0, 0.05) is 6.04 Å². The van der Waals surface area contributed by atoms with E-state index < -0.39 is 5.97 Å². The van der Waals surface area contributed by atoms with Crippen LogP contribution in [0.2, 0.25) is 0 Å². The highest BCUT2D eigenvalue weighted by Gasteiger charge is 2.35. The van der Waals surface area contributed by atoms with Gasteiger partial charge in [0.25, 0.3) is 0 Å². The SMILES string of the molecule is CCNC1CCC(CN)(CC(=O)O)CC1. The lowest BCUT2D eigenvalue weighted by atomic mass is 9.70. The number of rotatable bonds is 5. The highest BCUT2D eigenvalue weighted by Crippen LogP contribution is 2.38. The minimum atomic E-state index is -0.720. The van der Waals surface area contributed by atoms with Crippen molar-refractivity contribution in [3.05, 3.63) is 0 Å². The molecule has 1 fully saturated rings. The van der Waals surface area contributed by atoms with Crippen LogP contribution in [0.25, 0.3) is 0 Å². The molecule has 15 heavy (non-hydrogen) atoms. The number of hydrogen-bond donors (Lipinski definition) is 3. The van der Waals surface area contributed by atoms with Crippen LogP contribution in [0.15, 0.2) is 0 Å². The van der Waals surface area contributed by atoms with Gasteiger partial charge in [0.2, 0.25) is 0 Å². The first kappa shape index (κ1) is 12.5. The normalized spacial score (nSPS) is 31.5. The van der Waals surface area contributed by atoms with E-state index in [4.69, 9.17) is 10.8 Å². The van der Waals surface area contributed by atoms with Gasteiger partial charge < -0.3 is 16.2 Å². The lowest BCUT2D eigenvalue weighted by Gasteiger charge is -2.38. The zero-order chi connectivity index (χ0) is 11.3. The summed E-state index contributed by atoms with van der Waals surface area (Å²) in [5.74, 6) is -0.720.